The molecular weight excluding hydrogens is 727 g/mol. The molecule has 11 heteroatoms. The zero-order valence-corrected chi connectivity index (χ0v) is 36.7. The predicted octanol–water partition coefficient (Wildman–Crippen LogP) is 7.34. The smallest absolute Gasteiger partial charge is 0.309 e. The quantitative estimate of drug-likeness (QED) is 0.123. The van der Waals surface area contributed by atoms with Crippen LogP contribution in [-0.2, 0) is 33.3 Å². The maximum atomic E-state index is 14.8. The van der Waals surface area contributed by atoms with Crippen molar-refractivity contribution >= 4 is 11.8 Å². The van der Waals surface area contributed by atoms with Crippen LogP contribution in [0.1, 0.15) is 153 Å². The van der Waals surface area contributed by atoms with E-state index in [1.54, 1.807) is 0 Å². The number of nitrogens with one attached hydrogen (secondary N) is 1. The number of aliphatic hydroxyl groups excluding tert-OH is 1. The van der Waals surface area contributed by atoms with Gasteiger partial charge in [-0.15, -0.1) is 0 Å². The van der Waals surface area contributed by atoms with Crippen LogP contribution in [0.15, 0.2) is 12.2 Å². The second kappa shape index (κ2) is 17.5. The summed E-state index contributed by atoms with van der Waals surface area (Å²) < 4.78 is 34.9. The van der Waals surface area contributed by atoms with Crippen molar-refractivity contribution in [3.05, 3.63) is 12.2 Å². The molecule has 6 rings (SSSR count). The van der Waals surface area contributed by atoms with Gasteiger partial charge in [-0.05, 0) is 109 Å². The maximum absolute atomic E-state index is 14.8. The molecule has 11 nitrogen and oxygen atoms in total. The predicted molar refractivity (Wildman–Crippen MR) is 217 cm³/mol. The number of aliphatic hydroxyl groups is 2. The minimum atomic E-state index is -1.12. The molecule has 6 aliphatic rings. The molecule has 0 radical (unpaired) electrons. The Kier molecular flexibility index (Phi) is 13.8. The van der Waals surface area contributed by atoms with Crippen LogP contribution in [0.5, 0.6) is 0 Å². The minimum absolute atomic E-state index is 0.000891. The number of hydrogen-bond acceptors (Lipinski definition) is 10. The van der Waals surface area contributed by atoms with Gasteiger partial charge in [0.2, 0.25) is 0 Å². The molecule has 18 atom stereocenters. The molecule has 0 amide bonds. The molecule has 1 saturated carbocycles. The number of carbonyl (C=O) groups is 2. The largest absolute Gasteiger partial charge is 0.481 e. The Morgan fingerprint density at radius 1 is 0.860 bits per heavy atom. The topological polar surface area (TPSA) is 153 Å². The minimum Gasteiger partial charge on any atom is -0.481 e. The van der Waals surface area contributed by atoms with Gasteiger partial charge < -0.3 is 44.3 Å². The molecule has 4 N–H and O–H groups in total. The second-order valence-electron chi connectivity index (χ2n) is 19.6. The molecule has 57 heavy (non-hydrogen) atoms. The molecule has 3 unspecified atom stereocenters. The van der Waals surface area contributed by atoms with E-state index in [1.807, 2.05) is 41.5 Å². The third-order valence-electron chi connectivity index (χ3n) is 15.7. The van der Waals surface area contributed by atoms with E-state index >= 15 is 0 Å². The Morgan fingerprint density at radius 2 is 1.56 bits per heavy atom. The summed E-state index contributed by atoms with van der Waals surface area (Å²) in [6.45, 7) is 20.4. The van der Waals surface area contributed by atoms with Gasteiger partial charge in [-0.25, -0.2) is 0 Å². The third kappa shape index (κ3) is 8.71. The van der Waals surface area contributed by atoms with E-state index < -0.39 is 64.8 Å². The van der Waals surface area contributed by atoms with Crippen molar-refractivity contribution in [3.8, 4) is 0 Å². The Bertz CT molecular complexity index is 1440. The van der Waals surface area contributed by atoms with Crippen molar-refractivity contribution in [3.63, 3.8) is 0 Å². The third-order valence-corrected chi connectivity index (χ3v) is 15.7. The number of ketones is 1. The fourth-order valence-electron chi connectivity index (χ4n) is 11.5. The van der Waals surface area contributed by atoms with Crippen LogP contribution in [0.25, 0.3) is 0 Å². The lowest BCUT2D eigenvalue weighted by atomic mass is 9.71. The summed E-state index contributed by atoms with van der Waals surface area (Å²) in [5, 5.41) is 36.9. The summed E-state index contributed by atoms with van der Waals surface area (Å²) in [6.07, 6.45) is 11.0. The summed E-state index contributed by atoms with van der Waals surface area (Å²) in [7, 11) is 0. The Morgan fingerprint density at radius 3 is 2.16 bits per heavy atom. The number of Topliss-reactive ketones (excluding diaryl/α,β-unsaturated/α-hetero) is 1. The van der Waals surface area contributed by atoms with Crippen LogP contribution in [0.2, 0.25) is 0 Å². The van der Waals surface area contributed by atoms with E-state index in [4.69, 9.17) is 23.7 Å². The summed E-state index contributed by atoms with van der Waals surface area (Å²) in [4.78, 5) is 26.9. The van der Waals surface area contributed by atoms with E-state index in [0.717, 1.165) is 32.1 Å². The van der Waals surface area contributed by atoms with E-state index in [2.05, 4.69) is 45.2 Å². The van der Waals surface area contributed by atoms with Gasteiger partial charge in [0, 0.05) is 36.1 Å². The van der Waals surface area contributed by atoms with E-state index in [9.17, 15) is 24.9 Å². The summed E-state index contributed by atoms with van der Waals surface area (Å²) in [6, 6.07) is 0.226. The summed E-state index contributed by atoms with van der Waals surface area (Å²) in [5.74, 6) is -4.85. The number of ether oxygens (including phenoxy) is 5. The van der Waals surface area contributed by atoms with Gasteiger partial charge >= 0.3 is 5.97 Å². The molecular formula is C46H77NO10. The van der Waals surface area contributed by atoms with Crippen LogP contribution in [-0.4, -0.2) is 98.6 Å². The van der Waals surface area contributed by atoms with Gasteiger partial charge in [-0.1, -0.05) is 61.5 Å². The molecule has 5 fully saturated rings. The van der Waals surface area contributed by atoms with Gasteiger partial charge in [0.05, 0.1) is 59.8 Å². The first-order valence-corrected chi connectivity index (χ1v) is 22.9. The molecule has 5 aliphatic heterocycles. The Hall–Kier alpha value is -1.44. The van der Waals surface area contributed by atoms with Crippen LogP contribution >= 0.6 is 0 Å². The molecule has 0 bridgehead atoms. The highest BCUT2D eigenvalue weighted by molar-refractivity contribution is 5.84. The van der Waals surface area contributed by atoms with Gasteiger partial charge in [0.15, 0.2) is 11.6 Å². The first kappa shape index (κ1) is 45.1. The average Bonchev–Trinajstić information content (AvgIpc) is 3.94. The lowest BCUT2D eigenvalue weighted by Crippen LogP contribution is -2.65. The van der Waals surface area contributed by atoms with Crippen molar-refractivity contribution in [2.75, 3.05) is 0 Å². The molecule has 5 heterocycles. The van der Waals surface area contributed by atoms with Crippen LogP contribution in [0.4, 0.5) is 0 Å². The number of rotatable bonds is 15. The number of carbonyl (C=O) groups excluding carboxylic acids is 1. The maximum Gasteiger partial charge on any atom is 0.309 e. The lowest BCUT2D eigenvalue weighted by Gasteiger charge is -2.55. The van der Waals surface area contributed by atoms with Crippen molar-refractivity contribution in [2.24, 2.45) is 41.4 Å². The van der Waals surface area contributed by atoms with E-state index in [0.29, 0.717) is 57.4 Å². The monoisotopic (exact) mass is 804 g/mol. The molecule has 0 aromatic rings. The second-order valence-corrected chi connectivity index (χ2v) is 19.6. The first-order chi connectivity index (χ1) is 26.9. The zero-order valence-electron chi connectivity index (χ0n) is 36.7. The molecule has 326 valence electrons. The highest BCUT2D eigenvalue weighted by Gasteiger charge is 2.63. The molecule has 2 spiro atoms. The van der Waals surface area contributed by atoms with Gasteiger partial charge in [-0.3, -0.25) is 9.59 Å². The standard InChI is InChI=1S/C46H77NO10/c1-11-32(42(50)51)35-18-15-26(5)40(54-35)29(8)38(48)33(12-2)39(49)34(13-3)41-27(6)25-28(7)45(55-41)22-19-36(47-31-16-17-31)46(57-45)24-23-43(10,56-46)37-20-21-44(52,14-4)30(9)53-37/h19,22,26-38,40-41,47-48,52H,11-18,20-21,23-25H2,1-10H3,(H,50,51)/t26-,27-,28+,29-,30-,32?,33-,34-,35+,36+,37+,38-,40?,41-,43-,44+,45?,46-/m0/s1. The van der Waals surface area contributed by atoms with Crippen molar-refractivity contribution in [1.82, 2.24) is 5.32 Å². The molecule has 1 aliphatic carbocycles. The highest BCUT2D eigenvalue weighted by Crippen LogP contribution is 2.54. The number of hydrogen-bond donors (Lipinski definition) is 4. The first-order valence-electron chi connectivity index (χ1n) is 22.9. The van der Waals surface area contributed by atoms with Crippen molar-refractivity contribution < 1.29 is 48.6 Å². The van der Waals surface area contributed by atoms with E-state index in [1.165, 1.54) is 0 Å². The lowest BCUT2D eigenvalue weighted by molar-refractivity contribution is -0.398. The van der Waals surface area contributed by atoms with Crippen LogP contribution in [0, 0.1) is 41.4 Å². The number of aliphatic carboxylic acids is 1. The number of carboxylic acids is 1. The van der Waals surface area contributed by atoms with Gasteiger partial charge in [0.1, 0.15) is 5.78 Å². The molecule has 0 aromatic heterocycles. The normalized spacial score (nSPS) is 45.1. The zero-order chi connectivity index (χ0) is 41.7. The van der Waals surface area contributed by atoms with Crippen molar-refractivity contribution in [1.29, 1.82) is 0 Å². The van der Waals surface area contributed by atoms with Crippen LogP contribution < -0.4 is 5.32 Å². The fraction of sp³-hybridized carbons (Fsp3) is 0.913. The fourth-order valence-corrected chi connectivity index (χ4v) is 11.5. The highest BCUT2D eigenvalue weighted by atomic mass is 16.8. The average molecular weight is 804 g/mol. The Labute approximate surface area is 342 Å². The van der Waals surface area contributed by atoms with Crippen LogP contribution in [0.3, 0.4) is 0 Å². The summed E-state index contributed by atoms with van der Waals surface area (Å²) >= 11 is 0. The SMILES string of the molecule is CCC(C(=O)O)[C@H]1CC[C@H](C)C([C@@H](C)[C@H](O)[C@H](CC)C(=O)[C@H](CC)[C@H]2OC3(C=C[C@@H](NC4CC4)[C@]4(CC[C@@](C)([C@H]5CC[C@](O)(CC)[C@H](C)O5)O4)O3)[C@H](C)C[C@@H]2C)O1. The number of carboxylic acid groups (broad SMARTS) is 1. The van der Waals surface area contributed by atoms with Gasteiger partial charge in [-0.2, -0.15) is 0 Å². The Balaban J connectivity index is 1.22. The summed E-state index contributed by atoms with van der Waals surface area (Å²) in [5.41, 5.74) is -1.47. The molecule has 4 saturated heterocycles. The molecule has 0 aromatic carbocycles. The van der Waals surface area contributed by atoms with Crippen molar-refractivity contribution in [2.45, 2.75) is 224 Å². The van der Waals surface area contributed by atoms with E-state index in [-0.39, 0.29) is 53.8 Å². The van der Waals surface area contributed by atoms with Gasteiger partial charge in [0.25, 0.3) is 0 Å².